The van der Waals surface area contributed by atoms with Crippen LogP contribution in [0.4, 0.5) is 11.4 Å². The van der Waals surface area contributed by atoms with Crippen molar-refractivity contribution in [3.63, 3.8) is 0 Å². The van der Waals surface area contributed by atoms with Crippen molar-refractivity contribution in [2.45, 2.75) is 12.8 Å². The predicted octanol–water partition coefficient (Wildman–Crippen LogP) is 3.94. The van der Waals surface area contributed by atoms with E-state index in [1.54, 1.807) is 30.3 Å². The maximum Gasteiger partial charge on any atom is 0.274 e. The van der Waals surface area contributed by atoms with Crippen molar-refractivity contribution in [2.75, 3.05) is 0 Å². The van der Waals surface area contributed by atoms with Crippen LogP contribution in [0, 0.1) is 20.2 Å². The Hall–Kier alpha value is -2.47. The number of nitrogens with zero attached hydrogens (tertiary/aromatic N) is 2. The fraction of sp³-hybridized carbons (Fsp3) is 0.143. The number of halogens is 1. The van der Waals surface area contributed by atoms with Gasteiger partial charge in [-0.1, -0.05) is 35.9 Å². The second kappa shape index (κ2) is 6.32. The quantitative estimate of drug-likeness (QED) is 0.618. The summed E-state index contributed by atoms with van der Waals surface area (Å²) >= 11 is 5.75. The first kappa shape index (κ1) is 14.9. The highest BCUT2D eigenvalue weighted by molar-refractivity contribution is 6.30. The lowest BCUT2D eigenvalue weighted by molar-refractivity contribution is -0.386. The van der Waals surface area contributed by atoms with Crippen molar-refractivity contribution in [1.82, 2.24) is 0 Å². The summed E-state index contributed by atoms with van der Waals surface area (Å²) in [4.78, 5) is 21.0. The summed E-state index contributed by atoms with van der Waals surface area (Å²) in [6, 6.07) is 10.8. The molecule has 2 aromatic rings. The minimum absolute atomic E-state index is 0.0223. The molecule has 0 heterocycles. The molecule has 0 amide bonds. The third kappa shape index (κ3) is 3.55. The molecule has 0 aromatic heterocycles. The SMILES string of the molecule is O=[N+]([O-])c1ccccc1CCc1ccc(Cl)cc1[N+](=O)[O-]. The van der Waals surface area contributed by atoms with Gasteiger partial charge in [-0.3, -0.25) is 20.2 Å². The molecule has 0 aliphatic rings. The normalized spacial score (nSPS) is 10.3. The zero-order chi connectivity index (χ0) is 15.4. The van der Waals surface area contributed by atoms with E-state index in [1.165, 1.54) is 12.1 Å². The first-order valence-electron chi connectivity index (χ1n) is 6.14. The number of aryl methyl sites for hydroxylation is 2. The third-order valence-corrected chi connectivity index (χ3v) is 3.33. The molecule has 0 radical (unpaired) electrons. The zero-order valence-electron chi connectivity index (χ0n) is 10.9. The van der Waals surface area contributed by atoms with E-state index in [9.17, 15) is 20.2 Å². The first-order chi connectivity index (χ1) is 9.99. The number of nitro benzene ring substituents is 2. The molecular weight excluding hydrogens is 296 g/mol. The van der Waals surface area contributed by atoms with Crippen LogP contribution in [0.5, 0.6) is 0 Å². The number of benzene rings is 2. The monoisotopic (exact) mass is 306 g/mol. The highest BCUT2D eigenvalue weighted by Crippen LogP contribution is 2.26. The molecule has 0 fully saturated rings. The lowest BCUT2D eigenvalue weighted by Crippen LogP contribution is -2.00. The van der Waals surface area contributed by atoms with Gasteiger partial charge in [-0.2, -0.15) is 0 Å². The Kier molecular flexibility index (Phi) is 4.49. The molecule has 21 heavy (non-hydrogen) atoms. The smallest absolute Gasteiger partial charge is 0.258 e. The Bertz CT molecular complexity index is 703. The largest absolute Gasteiger partial charge is 0.274 e. The second-order valence-electron chi connectivity index (χ2n) is 4.42. The van der Waals surface area contributed by atoms with E-state index >= 15 is 0 Å². The van der Waals surface area contributed by atoms with Crippen LogP contribution in [0.15, 0.2) is 42.5 Å². The Labute approximate surface area is 125 Å². The minimum Gasteiger partial charge on any atom is -0.258 e. The highest BCUT2D eigenvalue weighted by Gasteiger charge is 2.17. The summed E-state index contributed by atoms with van der Waals surface area (Å²) < 4.78 is 0. The lowest BCUT2D eigenvalue weighted by atomic mass is 10.0. The fourth-order valence-corrected chi connectivity index (χ4v) is 2.25. The van der Waals surface area contributed by atoms with E-state index in [0.29, 0.717) is 24.0 Å². The first-order valence-corrected chi connectivity index (χ1v) is 6.52. The molecule has 6 nitrogen and oxygen atoms in total. The third-order valence-electron chi connectivity index (χ3n) is 3.10. The lowest BCUT2D eigenvalue weighted by Gasteiger charge is -2.05. The zero-order valence-corrected chi connectivity index (χ0v) is 11.6. The Morgan fingerprint density at radius 2 is 1.43 bits per heavy atom. The molecule has 108 valence electrons. The second-order valence-corrected chi connectivity index (χ2v) is 4.85. The Morgan fingerprint density at radius 1 is 0.857 bits per heavy atom. The number of para-hydroxylation sites is 1. The van der Waals surface area contributed by atoms with Gasteiger partial charge in [0, 0.05) is 28.3 Å². The molecule has 7 heteroatoms. The maximum absolute atomic E-state index is 11.0. The molecule has 0 bridgehead atoms. The molecule has 0 atom stereocenters. The Balaban J connectivity index is 2.25. The summed E-state index contributed by atoms with van der Waals surface area (Å²) in [5, 5.41) is 22.2. The van der Waals surface area contributed by atoms with E-state index in [4.69, 9.17) is 11.6 Å². The van der Waals surface area contributed by atoms with E-state index in [-0.39, 0.29) is 16.4 Å². The van der Waals surface area contributed by atoms with Crippen molar-refractivity contribution in [3.05, 3.63) is 78.8 Å². The predicted molar refractivity (Wildman–Crippen MR) is 78.6 cm³/mol. The van der Waals surface area contributed by atoms with Gasteiger partial charge >= 0.3 is 0 Å². The molecule has 0 unspecified atom stereocenters. The average molecular weight is 307 g/mol. The molecule has 2 aromatic carbocycles. The number of rotatable bonds is 5. The minimum atomic E-state index is -0.499. The Morgan fingerprint density at radius 3 is 2.05 bits per heavy atom. The van der Waals surface area contributed by atoms with Gasteiger partial charge in [-0.15, -0.1) is 0 Å². The van der Waals surface area contributed by atoms with Gasteiger partial charge in [0.25, 0.3) is 11.4 Å². The van der Waals surface area contributed by atoms with Crippen LogP contribution in [0.3, 0.4) is 0 Å². The standard InChI is InChI=1S/C14H11ClN2O4/c15-12-8-7-11(14(9-12)17(20)21)6-5-10-3-1-2-4-13(10)16(18)19/h1-4,7-9H,5-6H2. The van der Waals surface area contributed by atoms with Gasteiger partial charge in [0.15, 0.2) is 0 Å². The van der Waals surface area contributed by atoms with Crippen LogP contribution in [0.2, 0.25) is 5.02 Å². The van der Waals surface area contributed by atoms with Gasteiger partial charge < -0.3 is 0 Å². The molecule has 0 spiro atoms. The number of hydrogen-bond acceptors (Lipinski definition) is 4. The van der Waals surface area contributed by atoms with Crippen LogP contribution in [0.25, 0.3) is 0 Å². The van der Waals surface area contributed by atoms with Crippen molar-refractivity contribution in [3.8, 4) is 0 Å². The molecule has 0 aliphatic heterocycles. The van der Waals surface area contributed by atoms with Crippen LogP contribution >= 0.6 is 11.6 Å². The van der Waals surface area contributed by atoms with Crippen molar-refractivity contribution < 1.29 is 9.85 Å². The summed E-state index contributed by atoms with van der Waals surface area (Å²) in [6.45, 7) is 0. The summed E-state index contributed by atoms with van der Waals surface area (Å²) in [7, 11) is 0. The van der Waals surface area contributed by atoms with E-state index in [0.717, 1.165) is 0 Å². The van der Waals surface area contributed by atoms with Gasteiger partial charge in [0.05, 0.1) is 9.85 Å². The van der Waals surface area contributed by atoms with Crippen LogP contribution < -0.4 is 0 Å². The fourth-order valence-electron chi connectivity index (χ4n) is 2.09. The van der Waals surface area contributed by atoms with Gasteiger partial charge in [0.1, 0.15) is 0 Å². The van der Waals surface area contributed by atoms with Crippen LogP contribution in [-0.4, -0.2) is 9.85 Å². The maximum atomic E-state index is 11.0. The van der Waals surface area contributed by atoms with E-state index in [1.807, 2.05) is 0 Å². The summed E-state index contributed by atoms with van der Waals surface area (Å²) in [5.41, 5.74) is 1.00. The molecule has 0 N–H and O–H groups in total. The molecule has 2 rings (SSSR count). The van der Waals surface area contributed by atoms with Gasteiger partial charge in [-0.05, 0) is 18.9 Å². The van der Waals surface area contributed by atoms with Crippen LogP contribution in [-0.2, 0) is 12.8 Å². The van der Waals surface area contributed by atoms with Crippen molar-refractivity contribution >= 4 is 23.0 Å². The number of hydrogen-bond donors (Lipinski definition) is 0. The average Bonchev–Trinajstić information content (AvgIpc) is 2.46. The van der Waals surface area contributed by atoms with E-state index < -0.39 is 9.85 Å². The van der Waals surface area contributed by atoms with Crippen molar-refractivity contribution in [2.24, 2.45) is 0 Å². The van der Waals surface area contributed by atoms with Gasteiger partial charge in [-0.25, -0.2) is 0 Å². The summed E-state index contributed by atoms with van der Waals surface area (Å²) in [6.07, 6.45) is 0.679. The van der Waals surface area contributed by atoms with Gasteiger partial charge in [0.2, 0.25) is 0 Å². The summed E-state index contributed by atoms with van der Waals surface area (Å²) in [5.74, 6) is 0. The molecule has 0 aliphatic carbocycles. The van der Waals surface area contributed by atoms with Crippen molar-refractivity contribution in [1.29, 1.82) is 0 Å². The van der Waals surface area contributed by atoms with E-state index in [2.05, 4.69) is 0 Å². The van der Waals surface area contributed by atoms with Crippen LogP contribution in [0.1, 0.15) is 11.1 Å². The molecule has 0 saturated heterocycles. The molecular formula is C14H11ClN2O4. The molecule has 0 saturated carbocycles. The highest BCUT2D eigenvalue weighted by atomic mass is 35.5. The topological polar surface area (TPSA) is 86.3 Å². The number of nitro groups is 2.